The van der Waals surface area contributed by atoms with E-state index >= 15 is 0 Å². The summed E-state index contributed by atoms with van der Waals surface area (Å²) in [5.74, 6) is -0.0218. The fourth-order valence-corrected chi connectivity index (χ4v) is 1.63. The van der Waals surface area contributed by atoms with Crippen LogP contribution < -0.4 is 11.1 Å². The molecule has 14 heavy (non-hydrogen) atoms. The molecule has 0 spiro atoms. The Hall–Kier alpha value is -0.610. The third-order valence-electron chi connectivity index (χ3n) is 2.71. The molecule has 0 aromatic carbocycles. The Morgan fingerprint density at radius 3 is 2.79 bits per heavy atom. The Bertz CT molecular complexity index is 191. The Balaban J connectivity index is 2.15. The van der Waals surface area contributed by atoms with Gasteiger partial charge in [-0.15, -0.1) is 0 Å². The van der Waals surface area contributed by atoms with E-state index in [1.54, 1.807) is 7.11 Å². The summed E-state index contributed by atoms with van der Waals surface area (Å²) in [5, 5.41) is 2.92. The van der Waals surface area contributed by atoms with Crippen molar-refractivity contribution in [1.82, 2.24) is 5.32 Å². The number of ether oxygens (including phenoxy) is 1. The first-order valence-corrected chi connectivity index (χ1v) is 5.26. The molecule has 0 aromatic rings. The monoisotopic (exact) mass is 200 g/mol. The summed E-state index contributed by atoms with van der Waals surface area (Å²) in [6, 6.07) is -0.0723. The van der Waals surface area contributed by atoms with Gasteiger partial charge < -0.3 is 15.8 Å². The normalized spacial score (nSPS) is 27.9. The van der Waals surface area contributed by atoms with Crippen LogP contribution in [0.15, 0.2) is 0 Å². The van der Waals surface area contributed by atoms with Crippen molar-refractivity contribution in [3.63, 3.8) is 0 Å². The van der Waals surface area contributed by atoms with Crippen molar-refractivity contribution < 1.29 is 9.53 Å². The van der Waals surface area contributed by atoms with Crippen molar-refractivity contribution in [2.75, 3.05) is 7.11 Å². The van der Waals surface area contributed by atoms with Gasteiger partial charge in [0.25, 0.3) is 0 Å². The number of rotatable bonds is 5. The van der Waals surface area contributed by atoms with Crippen molar-refractivity contribution in [2.45, 2.75) is 50.8 Å². The molecule has 1 saturated carbocycles. The number of methoxy groups -OCH3 is 1. The number of amides is 1. The molecule has 1 rings (SSSR count). The van der Waals surface area contributed by atoms with Crippen molar-refractivity contribution >= 4 is 5.91 Å². The minimum atomic E-state index is -0.346. The number of carbonyl (C=O) groups is 1. The summed E-state index contributed by atoms with van der Waals surface area (Å²) >= 11 is 0. The Labute approximate surface area is 85.2 Å². The van der Waals surface area contributed by atoms with Gasteiger partial charge in [0, 0.05) is 13.2 Å². The molecule has 0 radical (unpaired) electrons. The van der Waals surface area contributed by atoms with Gasteiger partial charge in [0.05, 0.1) is 12.1 Å². The van der Waals surface area contributed by atoms with E-state index < -0.39 is 0 Å². The van der Waals surface area contributed by atoms with Crippen molar-refractivity contribution in [2.24, 2.45) is 5.73 Å². The van der Waals surface area contributed by atoms with Gasteiger partial charge in [0.1, 0.15) is 0 Å². The molecule has 0 aromatic heterocycles. The van der Waals surface area contributed by atoms with Crippen LogP contribution in [-0.4, -0.2) is 31.2 Å². The van der Waals surface area contributed by atoms with Gasteiger partial charge in [-0.2, -0.15) is 0 Å². The lowest BCUT2D eigenvalue weighted by atomic mass is 9.89. The summed E-state index contributed by atoms with van der Waals surface area (Å²) in [7, 11) is 1.70. The smallest absolute Gasteiger partial charge is 0.237 e. The molecular formula is C10H20N2O2. The van der Waals surface area contributed by atoms with Gasteiger partial charge in [-0.25, -0.2) is 0 Å². The van der Waals surface area contributed by atoms with E-state index in [9.17, 15) is 4.79 Å². The van der Waals surface area contributed by atoms with Crippen LogP contribution in [0, 0.1) is 0 Å². The fraction of sp³-hybridized carbons (Fsp3) is 0.900. The average Bonchev–Trinajstić information content (AvgIpc) is 2.10. The Kier molecular flexibility index (Phi) is 4.35. The minimum Gasteiger partial charge on any atom is -0.381 e. The van der Waals surface area contributed by atoms with Gasteiger partial charge in [-0.3, -0.25) is 4.79 Å². The molecule has 3 N–H and O–H groups in total. The zero-order valence-corrected chi connectivity index (χ0v) is 8.95. The zero-order valence-electron chi connectivity index (χ0n) is 8.95. The molecule has 0 heterocycles. The summed E-state index contributed by atoms with van der Waals surface area (Å²) in [5.41, 5.74) is 5.68. The van der Waals surface area contributed by atoms with Crippen LogP contribution in [0.3, 0.4) is 0 Å². The summed E-state index contributed by atoms with van der Waals surface area (Å²) < 4.78 is 5.12. The average molecular weight is 200 g/mol. The number of hydrogen-bond acceptors (Lipinski definition) is 3. The summed E-state index contributed by atoms with van der Waals surface area (Å²) in [4.78, 5) is 11.5. The van der Waals surface area contributed by atoms with Crippen LogP contribution in [0.1, 0.15) is 32.6 Å². The first-order chi connectivity index (χ1) is 6.67. The molecule has 82 valence electrons. The second-order valence-corrected chi connectivity index (χ2v) is 3.93. The third-order valence-corrected chi connectivity index (χ3v) is 2.71. The molecule has 1 fully saturated rings. The number of nitrogens with one attached hydrogen (secondary N) is 1. The van der Waals surface area contributed by atoms with Gasteiger partial charge in [0.15, 0.2) is 0 Å². The lowest BCUT2D eigenvalue weighted by Crippen LogP contribution is -2.52. The molecule has 4 heteroatoms. The molecular weight excluding hydrogens is 180 g/mol. The predicted molar refractivity (Wildman–Crippen MR) is 54.8 cm³/mol. The maximum Gasteiger partial charge on any atom is 0.237 e. The molecule has 1 amide bonds. The maximum absolute atomic E-state index is 11.5. The minimum absolute atomic E-state index is 0.0218. The molecule has 1 aliphatic carbocycles. The van der Waals surface area contributed by atoms with E-state index in [1.807, 2.05) is 6.92 Å². The standard InChI is InChI=1S/C10H20N2O2/c1-3-4-9(11)10(13)12-7-5-8(6-7)14-2/h7-9H,3-6,11H2,1-2H3,(H,12,13)/t7?,8?,9-/m0/s1. The van der Waals surface area contributed by atoms with Crippen LogP contribution in [0.2, 0.25) is 0 Å². The van der Waals surface area contributed by atoms with E-state index in [1.165, 1.54) is 0 Å². The third kappa shape index (κ3) is 2.96. The zero-order chi connectivity index (χ0) is 10.6. The Morgan fingerprint density at radius 2 is 2.29 bits per heavy atom. The topological polar surface area (TPSA) is 64.4 Å². The highest BCUT2D eigenvalue weighted by atomic mass is 16.5. The van der Waals surface area contributed by atoms with E-state index in [0.29, 0.717) is 6.10 Å². The highest BCUT2D eigenvalue weighted by Crippen LogP contribution is 2.22. The SMILES string of the molecule is CCC[C@H](N)C(=O)NC1CC(OC)C1. The lowest BCUT2D eigenvalue weighted by molar-refractivity contribution is -0.124. The van der Waals surface area contributed by atoms with Crippen molar-refractivity contribution in [1.29, 1.82) is 0 Å². The summed E-state index contributed by atoms with van der Waals surface area (Å²) in [6.45, 7) is 2.03. The van der Waals surface area contributed by atoms with E-state index in [0.717, 1.165) is 25.7 Å². The van der Waals surface area contributed by atoms with Crippen LogP contribution in [0.25, 0.3) is 0 Å². The van der Waals surface area contributed by atoms with E-state index in [-0.39, 0.29) is 18.0 Å². The quantitative estimate of drug-likeness (QED) is 0.675. The van der Waals surface area contributed by atoms with Gasteiger partial charge >= 0.3 is 0 Å². The molecule has 0 unspecified atom stereocenters. The van der Waals surface area contributed by atoms with E-state index in [2.05, 4.69) is 5.32 Å². The predicted octanol–water partition coefficient (Wildman–Crippen LogP) is 0.407. The van der Waals surface area contributed by atoms with Crippen molar-refractivity contribution in [3.05, 3.63) is 0 Å². The highest BCUT2D eigenvalue weighted by Gasteiger charge is 2.30. The molecule has 1 atom stereocenters. The highest BCUT2D eigenvalue weighted by molar-refractivity contribution is 5.81. The first kappa shape index (κ1) is 11.5. The molecule has 4 nitrogen and oxygen atoms in total. The van der Waals surface area contributed by atoms with E-state index in [4.69, 9.17) is 10.5 Å². The van der Waals surface area contributed by atoms with Crippen LogP contribution in [0.4, 0.5) is 0 Å². The first-order valence-electron chi connectivity index (χ1n) is 5.26. The number of hydrogen-bond donors (Lipinski definition) is 2. The van der Waals surface area contributed by atoms with Gasteiger partial charge in [-0.1, -0.05) is 13.3 Å². The second kappa shape index (κ2) is 5.32. The number of nitrogens with two attached hydrogens (primary N) is 1. The van der Waals surface area contributed by atoms with Crippen molar-refractivity contribution in [3.8, 4) is 0 Å². The maximum atomic E-state index is 11.5. The Morgan fingerprint density at radius 1 is 1.64 bits per heavy atom. The summed E-state index contributed by atoms with van der Waals surface area (Å²) in [6.07, 6.45) is 3.86. The lowest BCUT2D eigenvalue weighted by Gasteiger charge is -2.35. The van der Waals surface area contributed by atoms with Crippen LogP contribution >= 0.6 is 0 Å². The van der Waals surface area contributed by atoms with Crippen LogP contribution in [-0.2, 0) is 9.53 Å². The van der Waals surface area contributed by atoms with Gasteiger partial charge in [-0.05, 0) is 19.3 Å². The molecule has 0 bridgehead atoms. The fourth-order valence-electron chi connectivity index (χ4n) is 1.63. The molecule has 0 saturated heterocycles. The molecule has 0 aliphatic heterocycles. The second-order valence-electron chi connectivity index (χ2n) is 3.93. The molecule has 1 aliphatic rings. The van der Waals surface area contributed by atoms with Gasteiger partial charge in [0.2, 0.25) is 5.91 Å². The number of carbonyl (C=O) groups excluding carboxylic acids is 1. The van der Waals surface area contributed by atoms with Crippen LogP contribution in [0.5, 0.6) is 0 Å². The largest absolute Gasteiger partial charge is 0.381 e.